The zero-order valence-corrected chi connectivity index (χ0v) is 13.6. The molecule has 0 fully saturated rings. The maximum atomic E-state index is 11.8. The summed E-state index contributed by atoms with van der Waals surface area (Å²) in [6, 6.07) is 8.01. The molecule has 0 saturated heterocycles. The molecule has 2 N–H and O–H groups in total. The number of carbonyl (C=O) groups excluding carboxylic acids is 1. The molecule has 23 heavy (non-hydrogen) atoms. The molecule has 0 aliphatic carbocycles. The number of hydrogen-bond acceptors (Lipinski definition) is 5. The van der Waals surface area contributed by atoms with E-state index < -0.39 is 0 Å². The summed E-state index contributed by atoms with van der Waals surface area (Å²) < 4.78 is 0. The van der Waals surface area contributed by atoms with Crippen molar-refractivity contribution in [1.82, 2.24) is 25.0 Å². The fourth-order valence-electron chi connectivity index (χ4n) is 1.82. The van der Waals surface area contributed by atoms with Crippen LogP contribution in [0.3, 0.4) is 0 Å². The van der Waals surface area contributed by atoms with E-state index in [0.717, 1.165) is 12.1 Å². The van der Waals surface area contributed by atoms with Gasteiger partial charge >= 0.3 is 0 Å². The molecule has 0 radical (unpaired) electrons. The highest BCUT2D eigenvalue weighted by molar-refractivity contribution is 5.90. The molecule has 1 aromatic carbocycles. The predicted octanol–water partition coefficient (Wildman–Crippen LogP) is 0.936. The standard InChI is InChI=1S/C14H19N5O.CH2O2/c1-18(2)9-10-5-7-11(8-6-10)12-15-13(17-16-12)14(20)19(3)4;2-1-3/h5-8H,9H2,1-4H3,(H,15,16,17);1H,(H,2,3). The summed E-state index contributed by atoms with van der Waals surface area (Å²) in [5.74, 6) is 0.599. The molecule has 0 unspecified atom stereocenters. The van der Waals surface area contributed by atoms with E-state index in [0.29, 0.717) is 5.82 Å². The average Bonchev–Trinajstić information content (AvgIpc) is 2.97. The number of aromatic amines is 1. The molecule has 124 valence electrons. The van der Waals surface area contributed by atoms with Gasteiger partial charge in [-0.05, 0) is 19.7 Å². The number of nitrogens with one attached hydrogen (secondary N) is 1. The van der Waals surface area contributed by atoms with Gasteiger partial charge in [0.1, 0.15) is 0 Å². The Kier molecular flexibility index (Phi) is 6.88. The minimum atomic E-state index is -0.250. The first-order valence-electron chi connectivity index (χ1n) is 6.85. The highest BCUT2D eigenvalue weighted by Crippen LogP contribution is 2.16. The first-order valence-corrected chi connectivity index (χ1v) is 6.85. The SMILES string of the molecule is CN(C)Cc1ccc(-c2n[nH]c(C(=O)N(C)C)n2)cc1.O=CO. The number of carbonyl (C=O) groups is 2. The molecule has 0 aliphatic heterocycles. The third kappa shape index (κ3) is 5.51. The molecule has 8 nitrogen and oxygen atoms in total. The Bertz CT molecular complexity index is 635. The average molecular weight is 319 g/mol. The van der Waals surface area contributed by atoms with Gasteiger partial charge in [0, 0.05) is 26.2 Å². The molecule has 2 aromatic rings. The van der Waals surface area contributed by atoms with Crippen molar-refractivity contribution in [2.24, 2.45) is 0 Å². The fourth-order valence-corrected chi connectivity index (χ4v) is 1.82. The van der Waals surface area contributed by atoms with Crippen molar-refractivity contribution in [1.29, 1.82) is 0 Å². The van der Waals surface area contributed by atoms with E-state index in [1.807, 2.05) is 38.4 Å². The summed E-state index contributed by atoms with van der Waals surface area (Å²) in [5.41, 5.74) is 2.11. The largest absolute Gasteiger partial charge is 0.483 e. The van der Waals surface area contributed by atoms with Gasteiger partial charge in [-0.3, -0.25) is 14.7 Å². The summed E-state index contributed by atoms with van der Waals surface area (Å²) in [6.07, 6.45) is 0. The molecule has 1 aromatic heterocycles. The van der Waals surface area contributed by atoms with E-state index in [9.17, 15) is 4.79 Å². The highest BCUT2D eigenvalue weighted by atomic mass is 16.3. The van der Waals surface area contributed by atoms with Crippen molar-refractivity contribution in [2.75, 3.05) is 28.2 Å². The number of benzene rings is 1. The first-order chi connectivity index (χ1) is 10.9. The van der Waals surface area contributed by atoms with Crippen molar-refractivity contribution in [3.05, 3.63) is 35.7 Å². The van der Waals surface area contributed by atoms with Crippen LogP contribution in [0.4, 0.5) is 0 Å². The lowest BCUT2D eigenvalue weighted by atomic mass is 10.1. The Morgan fingerprint density at radius 3 is 2.26 bits per heavy atom. The topological polar surface area (TPSA) is 102 Å². The maximum Gasteiger partial charge on any atom is 0.290 e. The van der Waals surface area contributed by atoms with Gasteiger partial charge in [-0.2, -0.15) is 5.10 Å². The summed E-state index contributed by atoms with van der Waals surface area (Å²) in [5, 5.41) is 13.6. The normalized spacial score (nSPS) is 9.96. The van der Waals surface area contributed by atoms with Crippen LogP contribution < -0.4 is 0 Å². The molecule has 0 spiro atoms. The van der Waals surface area contributed by atoms with Crippen LogP contribution in [0.25, 0.3) is 11.4 Å². The second-order valence-corrected chi connectivity index (χ2v) is 5.25. The number of H-pyrrole nitrogens is 1. The molecule has 2 rings (SSSR count). The zero-order valence-electron chi connectivity index (χ0n) is 13.6. The van der Waals surface area contributed by atoms with Gasteiger partial charge in [-0.25, -0.2) is 4.98 Å². The third-order valence-electron chi connectivity index (χ3n) is 2.81. The Hall–Kier alpha value is -2.74. The van der Waals surface area contributed by atoms with E-state index in [1.54, 1.807) is 14.1 Å². The van der Waals surface area contributed by atoms with Gasteiger partial charge in [0.05, 0.1) is 0 Å². The lowest BCUT2D eigenvalue weighted by Crippen LogP contribution is -2.22. The maximum absolute atomic E-state index is 11.8. The number of carboxylic acid groups (broad SMARTS) is 1. The molecule has 1 heterocycles. The zero-order chi connectivity index (χ0) is 17.4. The Morgan fingerprint density at radius 1 is 1.22 bits per heavy atom. The Labute approximate surface area is 134 Å². The molecule has 0 atom stereocenters. The lowest BCUT2D eigenvalue weighted by Gasteiger charge is -2.09. The van der Waals surface area contributed by atoms with Crippen molar-refractivity contribution in [2.45, 2.75) is 6.54 Å². The predicted molar refractivity (Wildman–Crippen MR) is 85.9 cm³/mol. The van der Waals surface area contributed by atoms with Crippen LogP contribution in [-0.4, -0.2) is 70.7 Å². The monoisotopic (exact) mass is 319 g/mol. The van der Waals surface area contributed by atoms with Gasteiger partial charge in [-0.1, -0.05) is 24.3 Å². The Morgan fingerprint density at radius 2 is 1.78 bits per heavy atom. The molecular formula is C15H21N5O3. The summed E-state index contributed by atoms with van der Waals surface area (Å²) in [6.45, 7) is 0.638. The van der Waals surface area contributed by atoms with Gasteiger partial charge in [0.2, 0.25) is 5.82 Å². The Balaban J connectivity index is 0.000000816. The van der Waals surface area contributed by atoms with Crippen LogP contribution in [0.5, 0.6) is 0 Å². The smallest absolute Gasteiger partial charge is 0.290 e. The molecule has 0 saturated carbocycles. The first kappa shape index (κ1) is 18.3. The van der Waals surface area contributed by atoms with Crippen LogP contribution in [0, 0.1) is 0 Å². The van der Waals surface area contributed by atoms with Crippen molar-refractivity contribution in [3.8, 4) is 11.4 Å². The molecular weight excluding hydrogens is 298 g/mol. The number of hydrogen-bond donors (Lipinski definition) is 2. The second-order valence-electron chi connectivity index (χ2n) is 5.25. The van der Waals surface area contributed by atoms with Crippen LogP contribution in [0.15, 0.2) is 24.3 Å². The second kappa shape index (κ2) is 8.64. The van der Waals surface area contributed by atoms with Crippen LogP contribution in [0.1, 0.15) is 16.2 Å². The van der Waals surface area contributed by atoms with E-state index in [2.05, 4.69) is 20.1 Å². The minimum Gasteiger partial charge on any atom is -0.483 e. The summed E-state index contributed by atoms with van der Waals surface area (Å²) >= 11 is 0. The van der Waals surface area contributed by atoms with E-state index in [-0.39, 0.29) is 18.2 Å². The number of aromatic nitrogens is 3. The molecule has 1 amide bonds. The number of nitrogens with zero attached hydrogens (tertiary/aromatic N) is 4. The van der Waals surface area contributed by atoms with E-state index in [1.165, 1.54) is 10.5 Å². The van der Waals surface area contributed by atoms with Gasteiger partial charge in [0.15, 0.2) is 5.82 Å². The quantitative estimate of drug-likeness (QED) is 0.813. The molecule has 0 bridgehead atoms. The lowest BCUT2D eigenvalue weighted by molar-refractivity contribution is -0.122. The van der Waals surface area contributed by atoms with Crippen LogP contribution >= 0.6 is 0 Å². The van der Waals surface area contributed by atoms with Gasteiger partial charge in [-0.15, -0.1) is 0 Å². The highest BCUT2D eigenvalue weighted by Gasteiger charge is 2.14. The minimum absolute atomic E-state index is 0.187. The number of rotatable bonds is 4. The van der Waals surface area contributed by atoms with E-state index >= 15 is 0 Å². The van der Waals surface area contributed by atoms with Crippen LogP contribution in [0.2, 0.25) is 0 Å². The fraction of sp³-hybridized carbons (Fsp3) is 0.333. The third-order valence-corrected chi connectivity index (χ3v) is 2.81. The van der Waals surface area contributed by atoms with Gasteiger partial charge < -0.3 is 14.9 Å². The van der Waals surface area contributed by atoms with Crippen molar-refractivity contribution < 1.29 is 14.7 Å². The van der Waals surface area contributed by atoms with Crippen LogP contribution in [-0.2, 0) is 11.3 Å². The summed E-state index contributed by atoms with van der Waals surface area (Å²) in [7, 11) is 7.42. The van der Waals surface area contributed by atoms with Crippen molar-refractivity contribution >= 4 is 12.4 Å². The van der Waals surface area contributed by atoms with E-state index in [4.69, 9.17) is 9.90 Å². The van der Waals surface area contributed by atoms with Crippen molar-refractivity contribution in [3.63, 3.8) is 0 Å². The molecule has 0 aliphatic rings. The molecule has 8 heteroatoms. The number of amides is 1. The summed E-state index contributed by atoms with van der Waals surface area (Å²) in [4.78, 5) is 27.9. The van der Waals surface area contributed by atoms with Gasteiger partial charge in [0.25, 0.3) is 12.4 Å².